The number of aliphatic hydroxyl groups excluding tert-OH is 2. The van der Waals surface area contributed by atoms with Crippen molar-refractivity contribution in [2.24, 2.45) is 5.92 Å². The van der Waals surface area contributed by atoms with E-state index < -0.39 is 6.29 Å². The van der Waals surface area contributed by atoms with Crippen LogP contribution < -0.4 is 10.6 Å². The number of urea groups is 1. The molecule has 8 heteroatoms. The van der Waals surface area contributed by atoms with Gasteiger partial charge in [-0.05, 0) is 51.9 Å². The molecular formula is C38H43N3O5. The van der Waals surface area contributed by atoms with Crippen LogP contribution in [0.4, 0.5) is 4.79 Å². The average molecular weight is 622 g/mol. The van der Waals surface area contributed by atoms with Crippen molar-refractivity contribution in [3.63, 3.8) is 0 Å². The third kappa shape index (κ3) is 8.02. The molecule has 0 bridgehead atoms. The number of hydrogen-bond acceptors (Lipinski definition) is 6. The lowest BCUT2D eigenvalue weighted by Gasteiger charge is -2.42. The lowest BCUT2D eigenvalue weighted by molar-refractivity contribution is -0.276. The number of aliphatic hydroxyl groups is 2. The highest BCUT2D eigenvalue weighted by atomic mass is 16.7. The first-order valence-electron chi connectivity index (χ1n) is 16.1. The Morgan fingerprint density at radius 3 is 2.22 bits per heavy atom. The third-order valence-corrected chi connectivity index (χ3v) is 8.98. The molecule has 4 aromatic rings. The van der Waals surface area contributed by atoms with Gasteiger partial charge in [0, 0.05) is 44.2 Å². The Morgan fingerprint density at radius 2 is 1.50 bits per heavy atom. The van der Waals surface area contributed by atoms with E-state index in [9.17, 15) is 15.0 Å². The van der Waals surface area contributed by atoms with E-state index >= 15 is 0 Å². The molecule has 0 spiro atoms. The number of likely N-dealkylation sites (tertiary alicyclic amines) is 1. The summed E-state index contributed by atoms with van der Waals surface area (Å²) in [6.07, 6.45) is -0.386. The van der Waals surface area contributed by atoms with Gasteiger partial charge in [-0.3, -0.25) is 4.90 Å². The summed E-state index contributed by atoms with van der Waals surface area (Å²) in [6.45, 7) is 5.27. The van der Waals surface area contributed by atoms with Gasteiger partial charge in [0.15, 0.2) is 6.29 Å². The predicted molar refractivity (Wildman–Crippen MR) is 177 cm³/mol. The fourth-order valence-corrected chi connectivity index (χ4v) is 6.31. The second-order valence-corrected chi connectivity index (χ2v) is 12.4. The van der Waals surface area contributed by atoms with E-state index in [0.29, 0.717) is 19.6 Å². The second-order valence-electron chi connectivity index (χ2n) is 12.4. The van der Waals surface area contributed by atoms with Crippen molar-refractivity contribution < 1.29 is 24.5 Å². The van der Waals surface area contributed by atoms with Crippen molar-refractivity contribution >= 4 is 6.03 Å². The molecule has 5 atom stereocenters. The number of β-amino-alcohol motifs (C(OH)–C–C–N with tert-alkyl or cyclic N) is 1. The number of carbonyl (C=O) groups excluding carboxylic acids is 1. The van der Waals surface area contributed by atoms with Crippen molar-refractivity contribution in [1.29, 1.82) is 0 Å². The molecule has 0 unspecified atom stereocenters. The molecule has 0 radical (unpaired) electrons. The minimum absolute atomic E-state index is 0.00147. The summed E-state index contributed by atoms with van der Waals surface area (Å²) in [5, 5.41) is 25.6. The molecular weight excluding hydrogens is 578 g/mol. The van der Waals surface area contributed by atoms with Crippen molar-refractivity contribution in [3.8, 4) is 11.1 Å². The van der Waals surface area contributed by atoms with Crippen molar-refractivity contribution in [3.05, 3.63) is 131 Å². The summed E-state index contributed by atoms with van der Waals surface area (Å²) < 4.78 is 13.4. The topological polar surface area (TPSA) is 103 Å². The van der Waals surface area contributed by atoms with E-state index in [0.717, 1.165) is 58.5 Å². The number of rotatable bonds is 10. The van der Waals surface area contributed by atoms with Crippen LogP contribution in [-0.2, 0) is 29.2 Å². The number of benzene rings is 4. The van der Waals surface area contributed by atoms with Crippen LogP contribution in [0.2, 0.25) is 0 Å². The van der Waals surface area contributed by atoms with Crippen LogP contribution in [0.25, 0.3) is 11.1 Å². The van der Waals surface area contributed by atoms with Gasteiger partial charge in [0.25, 0.3) is 0 Å². The van der Waals surface area contributed by atoms with Crippen LogP contribution in [0.1, 0.15) is 53.6 Å². The van der Waals surface area contributed by atoms with Gasteiger partial charge in [0.05, 0.1) is 24.9 Å². The van der Waals surface area contributed by atoms with Crippen LogP contribution in [0.15, 0.2) is 103 Å². The quantitative estimate of drug-likeness (QED) is 0.181. The van der Waals surface area contributed by atoms with E-state index in [-0.39, 0.29) is 36.9 Å². The lowest BCUT2D eigenvalue weighted by atomic mass is 9.90. The van der Waals surface area contributed by atoms with Crippen LogP contribution in [-0.4, -0.2) is 53.0 Å². The highest BCUT2D eigenvalue weighted by Gasteiger charge is 2.40. The lowest BCUT2D eigenvalue weighted by Crippen LogP contribution is -2.44. The van der Waals surface area contributed by atoms with Crippen LogP contribution in [0.3, 0.4) is 0 Å². The van der Waals surface area contributed by atoms with Crippen LogP contribution in [0, 0.1) is 5.92 Å². The number of ether oxygens (including phenoxy) is 2. The number of nitrogens with one attached hydrogen (secondary N) is 2. The molecule has 46 heavy (non-hydrogen) atoms. The van der Waals surface area contributed by atoms with E-state index in [1.807, 2.05) is 78.9 Å². The largest absolute Gasteiger partial charge is 0.392 e. The van der Waals surface area contributed by atoms with Gasteiger partial charge in [-0.2, -0.15) is 0 Å². The fourth-order valence-electron chi connectivity index (χ4n) is 6.31. The Balaban J connectivity index is 1.17. The number of nitrogens with zero attached hydrogens (tertiary/aromatic N) is 1. The number of hydrogen-bond donors (Lipinski definition) is 4. The summed E-state index contributed by atoms with van der Waals surface area (Å²) in [4.78, 5) is 14.7. The molecule has 0 saturated carbocycles. The molecule has 2 aliphatic heterocycles. The maximum Gasteiger partial charge on any atom is 0.315 e. The first-order chi connectivity index (χ1) is 22.4. The van der Waals surface area contributed by atoms with Crippen molar-refractivity contribution in [2.75, 3.05) is 19.6 Å². The first kappa shape index (κ1) is 31.9. The summed E-state index contributed by atoms with van der Waals surface area (Å²) in [7, 11) is 0. The second kappa shape index (κ2) is 15.0. The molecule has 2 aliphatic rings. The molecule has 0 aromatic heterocycles. The Bertz CT molecular complexity index is 1580. The Kier molecular flexibility index (Phi) is 10.4. The van der Waals surface area contributed by atoms with E-state index in [2.05, 4.69) is 46.7 Å². The molecule has 240 valence electrons. The van der Waals surface area contributed by atoms with E-state index in [1.165, 1.54) is 0 Å². The smallest absolute Gasteiger partial charge is 0.315 e. The van der Waals surface area contributed by atoms with Crippen LogP contribution >= 0.6 is 0 Å². The van der Waals surface area contributed by atoms with Gasteiger partial charge in [-0.1, -0.05) is 97.9 Å². The summed E-state index contributed by atoms with van der Waals surface area (Å²) >= 11 is 0. The average Bonchev–Trinajstić information content (AvgIpc) is 3.52. The third-order valence-electron chi connectivity index (χ3n) is 8.98. The van der Waals surface area contributed by atoms with Gasteiger partial charge in [-0.25, -0.2) is 4.79 Å². The number of amides is 2. The van der Waals surface area contributed by atoms with Crippen molar-refractivity contribution in [1.82, 2.24) is 15.5 Å². The molecule has 8 nitrogen and oxygen atoms in total. The van der Waals surface area contributed by atoms with Gasteiger partial charge in [0.2, 0.25) is 0 Å². The zero-order valence-electron chi connectivity index (χ0n) is 26.2. The maximum atomic E-state index is 12.4. The fraction of sp³-hybridized carbons (Fsp3) is 0.342. The SMILES string of the molecule is C[C@@H]1[C@H](CN2CC[C@H](O)C2)O[C@H](c2cccc(-c3cccc(CNC(=O)NCc4ccccc4)c3)c2)O[C@@H]1c1ccc(CO)cc1. The highest BCUT2D eigenvalue weighted by molar-refractivity contribution is 5.74. The van der Waals surface area contributed by atoms with Gasteiger partial charge < -0.3 is 30.3 Å². The molecule has 6 rings (SSSR count). The molecule has 2 amide bonds. The zero-order valence-corrected chi connectivity index (χ0v) is 26.2. The predicted octanol–water partition coefficient (Wildman–Crippen LogP) is 5.70. The number of carbonyl (C=O) groups is 1. The summed E-state index contributed by atoms with van der Waals surface area (Å²) in [6, 6.07) is 34.0. The highest BCUT2D eigenvalue weighted by Crippen LogP contribution is 2.42. The summed E-state index contributed by atoms with van der Waals surface area (Å²) in [5.74, 6) is 0.0752. The Morgan fingerprint density at radius 1 is 0.804 bits per heavy atom. The molecule has 0 aliphatic carbocycles. The normalized spacial score (nSPS) is 23.2. The minimum atomic E-state index is -0.575. The monoisotopic (exact) mass is 621 g/mol. The maximum absolute atomic E-state index is 12.4. The Hall–Kier alpha value is -4.05. The zero-order chi connectivity index (χ0) is 31.9. The van der Waals surface area contributed by atoms with Gasteiger partial charge >= 0.3 is 6.03 Å². The Labute approximate surface area is 271 Å². The standard InChI is InChI=1S/C38H43N3O5/c1-26-35(24-41-18-17-34(43)23-41)45-37(46-36(26)30-15-13-28(25-42)14-16-30)33-12-6-11-32(20-33)31-10-5-9-29(19-31)22-40-38(44)39-21-27-7-3-2-4-8-27/h2-16,19-20,26,34-37,42-43H,17-18,21-25H2,1H3,(H2,39,40,44)/t26-,34+,35+,36+,37+/m1/s1. The van der Waals surface area contributed by atoms with Crippen LogP contribution in [0.5, 0.6) is 0 Å². The molecule has 2 saturated heterocycles. The molecule has 2 heterocycles. The van der Waals surface area contributed by atoms with Crippen molar-refractivity contribution in [2.45, 2.75) is 57.6 Å². The van der Waals surface area contributed by atoms with Gasteiger partial charge in [-0.15, -0.1) is 0 Å². The molecule has 2 fully saturated rings. The first-order valence-corrected chi connectivity index (χ1v) is 16.1. The van der Waals surface area contributed by atoms with Gasteiger partial charge in [0.1, 0.15) is 0 Å². The molecule has 4 N–H and O–H groups in total. The van der Waals surface area contributed by atoms with E-state index in [1.54, 1.807) is 0 Å². The van der Waals surface area contributed by atoms with E-state index in [4.69, 9.17) is 9.47 Å². The summed E-state index contributed by atoms with van der Waals surface area (Å²) in [5.41, 5.74) is 6.95. The molecule has 4 aromatic carbocycles. The minimum Gasteiger partial charge on any atom is -0.392 e.